The van der Waals surface area contributed by atoms with E-state index < -0.39 is 0 Å². The maximum absolute atomic E-state index is 5.46. The second kappa shape index (κ2) is 7.36. The van der Waals surface area contributed by atoms with Gasteiger partial charge in [-0.3, -0.25) is 4.90 Å². The van der Waals surface area contributed by atoms with Crippen molar-refractivity contribution in [1.29, 1.82) is 0 Å². The SMILES string of the molecule is COc1c(CNCC(C)N2CCc3ccccc3C2)c(C)nn1C. The molecule has 0 radical (unpaired) electrons. The summed E-state index contributed by atoms with van der Waals surface area (Å²) in [6.45, 7) is 8.26. The summed E-state index contributed by atoms with van der Waals surface area (Å²) in [4.78, 5) is 2.56. The van der Waals surface area contributed by atoms with Crippen LogP contribution in [-0.2, 0) is 26.6 Å². The van der Waals surface area contributed by atoms with Crippen molar-refractivity contribution in [2.24, 2.45) is 7.05 Å². The quantitative estimate of drug-likeness (QED) is 0.883. The molecule has 5 nitrogen and oxygen atoms in total. The van der Waals surface area contributed by atoms with E-state index in [0.29, 0.717) is 6.04 Å². The number of nitrogens with zero attached hydrogens (tertiary/aromatic N) is 3. The molecule has 1 aliphatic heterocycles. The van der Waals surface area contributed by atoms with Crippen molar-refractivity contribution in [3.8, 4) is 5.88 Å². The van der Waals surface area contributed by atoms with Gasteiger partial charge in [-0.1, -0.05) is 24.3 Å². The molecule has 130 valence electrons. The Morgan fingerprint density at radius 2 is 2.04 bits per heavy atom. The molecule has 0 spiro atoms. The van der Waals surface area contributed by atoms with Crippen LogP contribution in [0, 0.1) is 6.92 Å². The lowest BCUT2D eigenvalue weighted by Gasteiger charge is -2.33. The third-order valence-electron chi connectivity index (χ3n) is 5.01. The average molecular weight is 328 g/mol. The number of ether oxygens (including phenoxy) is 1. The van der Waals surface area contributed by atoms with E-state index >= 15 is 0 Å². The van der Waals surface area contributed by atoms with Crippen molar-refractivity contribution in [3.63, 3.8) is 0 Å². The van der Waals surface area contributed by atoms with Crippen LogP contribution in [0.15, 0.2) is 24.3 Å². The number of aryl methyl sites for hydroxylation is 2. The van der Waals surface area contributed by atoms with E-state index in [1.807, 2.05) is 14.0 Å². The zero-order valence-corrected chi connectivity index (χ0v) is 15.2. The Morgan fingerprint density at radius 1 is 1.29 bits per heavy atom. The van der Waals surface area contributed by atoms with Crippen LogP contribution >= 0.6 is 0 Å². The standard InChI is InChI=1S/C19H28N4O/c1-14(23-10-9-16-7-5-6-8-17(16)13-23)11-20-12-18-15(2)21-22(3)19(18)24-4/h5-8,14,20H,9-13H2,1-4H3. The van der Waals surface area contributed by atoms with Crippen LogP contribution in [0.4, 0.5) is 0 Å². The zero-order valence-electron chi connectivity index (χ0n) is 15.2. The molecule has 0 amide bonds. The molecule has 1 aromatic heterocycles. The minimum absolute atomic E-state index is 0.501. The fraction of sp³-hybridized carbons (Fsp3) is 0.526. The number of aromatic nitrogens is 2. The van der Waals surface area contributed by atoms with Gasteiger partial charge in [-0.05, 0) is 31.4 Å². The van der Waals surface area contributed by atoms with Gasteiger partial charge in [-0.25, -0.2) is 4.68 Å². The molecule has 1 aromatic carbocycles. The molecule has 2 aromatic rings. The summed E-state index contributed by atoms with van der Waals surface area (Å²) in [6.07, 6.45) is 1.15. The van der Waals surface area contributed by atoms with Crippen molar-refractivity contribution in [1.82, 2.24) is 20.0 Å². The first-order valence-corrected chi connectivity index (χ1v) is 8.68. The lowest BCUT2D eigenvalue weighted by atomic mass is 9.99. The van der Waals surface area contributed by atoms with Crippen LogP contribution in [-0.4, -0.2) is 40.9 Å². The molecule has 24 heavy (non-hydrogen) atoms. The molecule has 2 heterocycles. The zero-order chi connectivity index (χ0) is 17.1. The summed E-state index contributed by atoms with van der Waals surface area (Å²) in [7, 11) is 3.62. The van der Waals surface area contributed by atoms with Gasteiger partial charge >= 0.3 is 0 Å². The average Bonchev–Trinajstić information content (AvgIpc) is 2.87. The summed E-state index contributed by atoms with van der Waals surface area (Å²) in [5.41, 5.74) is 5.16. The highest BCUT2D eigenvalue weighted by Crippen LogP contribution is 2.22. The highest BCUT2D eigenvalue weighted by Gasteiger charge is 2.20. The molecule has 1 N–H and O–H groups in total. The molecule has 0 saturated heterocycles. The van der Waals surface area contributed by atoms with Gasteiger partial charge in [0.15, 0.2) is 0 Å². The maximum Gasteiger partial charge on any atom is 0.216 e. The van der Waals surface area contributed by atoms with E-state index in [1.54, 1.807) is 11.8 Å². The van der Waals surface area contributed by atoms with Crippen LogP contribution in [0.3, 0.4) is 0 Å². The third kappa shape index (κ3) is 3.47. The van der Waals surface area contributed by atoms with E-state index in [9.17, 15) is 0 Å². The second-order valence-corrected chi connectivity index (χ2v) is 6.67. The van der Waals surface area contributed by atoms with E-state index in [1.165, 1.54) is 11.1 Å². The lowest BCUT2D eigenvalue weighted by molar-refractivity contribution is 0.186. The van der Waals surface area contributed by atoms with Gasteiger partial charge < -0.3 is 10.1 Å². The number of fused-ring (bicyclic) bond motifs is 1. The van der Waals surface area contributed by atoms with Crippen molar-refractivity contribution < 1.29 is 4.74 Å². The van der Waals surface area contributed by atoms with Gasteiger partial charge in [0.2, 0.25) is 5.88 Å². The van der Waals surface area contributed by atoms with Gasteiger partial charge in [0.05, 0.1) is 18.4 Å². The number of nitrogens with one attached hydrogen (secondary N) is 1. The molecule has 3 rings (SSSR count). The van der Waals surface area contributed by atoms with Crippen LogP contribution in [0.2, 0.25) is 0 Å². The Hall–Kier alpha value is -1.85. The number of benzene rings is 1. The van der Waals surface area contributed by atoms with Crippen LogP contribution in [0.25, 0.3) is 0 Å². The maximum atomic E-state index is 5.46. The van der Waals surface area contributed by atoms with Crippen LogP contribution < -0.4 is 10.1 Å². The molecule has 0 bridgehead atoms. The summed E-state index contributed by atoms with van der Waals surface area (Å²) in [5.74, 6) is 0.847. The summed E-state index contributed by atoms with van der Waals surface area (Å²) in [6, 6.07) is 9.30. The predicted molar refractivity (Wildman–Crippen MR) is 96.2 cm³/mol. The lowest BCUT2D eigenvalue weighted by Crippen LogP contribution is -2.43. The fourth-order valence-electron chi connectivity index (χ4n) is 3.57. The summed E-state index contributed by atoms with van der Waals surface area (Å²) >= 11 is 0. The Labute approximate surface area is 144 Å². The minimum Gasteiger partial charge on any atom is -0.481 e. The van der Waals surface area contributed by atoms with Gasteiger partial charge in [0, 0.05) is 39.3 Å². The van der Waals surface area contributed by atoms with E-state index in [-0.39, 0.29) is 0 Å². The first-order valence-electron chi connectivity index (χ1n) is 8.68. The topological polar surface area (TPSA) is 42.3 Å². The Kier molecular flexibility index (Phi) is 5.21. The number of hydrogen-bond donors (Lipinski definition) is 1. The predicted octanol–water partition coefficient (Wildman–Crippen LogP) is 2.27. The normalized spacial score (nSPS) is 16.0. The monoisotopic (exact) mass is 328 g/mol. The highest BCUT2D eigenvalue weighted by molar-refractivity contribution is 5.31. The minimum atomic E-state index is 0.501. The molecule has 1 aliphatic rings. The van der Waals surface area contributed by atoms with Crippen molar-refractivity contribution in [2.75, 3.05) is 20.2 Å². The third-order valence-corrected chi connectivity index (χ3v) is 5.01. The first-order chi connectivity index (χ1) is 11.6. The largest absolute Gasteiger partial charge is 0.481 e. The van der Waals surface area contributed by atoms with Gasteiger partial charge in [-0.15, -0.1) is 0 Å². The molecule has 0 aliphatic carbocycles. The van der Waals surface area contributed by atoms with E-state index in [4.69, 9.17) is 4.74 Å². The Balaban J connectivity index is 1.54. The first kappa shape index (κ1) is 17.0. The number of hydrogen-bond acceptors (Lipinski definition) is 4. The molecule has 0 saturated carbocycles. The smallest absolute Gasteiger partial charge is 0.216 e. The number of rotatable bonds is 6. The van der Waals surface area contributed by atoms with E-state index in [2.05, 4.69) is 46.5 Å². The van der Waals surface area contributed by atoms with E-state index in [0.717, 1.165) is 49.7 Å². The molecule has 5 heteroatoms. The van der Waals surface area contributed by atoms with Crippen molar-refractivity contribution in [2.45, 2.75) is 39.4 Å². The second-order valence-electron chi connectivity index (χ2n) is 6.67. The molecular weight excluding hydrogens is 300 g/mol. The molecule has 0 fully saturated rings. The fourth-order valence-corrected chi connectivity index (χ4v) is 3.57. The molecule has 1 atom stereocenters. The summed E-state index contributed by atoms with van der Waals surface area (Å²) in [5, 5.41) is 8.01. The van der Waals surface area contributed by atoms with Crippen LogP contribution in [0.5, 0.6) is 5.88 Å². The Bertz CT molecular complexity index is 695. The summed E-state index contributed by atoms with van der Waals surface area (Å²) < 4.78 is 7.26. The van der Waals surface area contributed by atoms with Gasteiger partial charge in [-0.2, -0.15) is 5.10 Å². The van der Waals surface area contributed by atoms with Gasteiger partial charge in [0.1, 0.15) is 0 Å². The van der Waals surface area contributed by atoms with Crippen molar-refractivity contribution >= 4 is 0 Å². The Morgan fingerprint density at radius 3 is 2.79 bits per heavy atom. The van der Waals surface area contributed by atoms with Crippen LogP contribution in [0.1, 0.15) is 29.3 Å². The van der Waals surface area contributed by atoms with Crippen molar-refractivity contribution in [3.05, 3.63) is 46.6 Å². The number of methoxy groups -OCH3 is 1. The molecule has 1 unspecified atom stereocenters. The van der Waals surface area contributed by atoms with Gasteiger partial charge in [0.25, 0.3) is 0 Å². The highest BCUT2D eigenvalue weighted by atomic mass is 16.5. The molecular formula is C19H28N4O.